The average Bonchev–Trinajstić information content (AvgIpc) is 3.43. The summed E-state index contributed by atoms with van der Waals surface area (Å²) < 4.78 is 20.6. The topological polar surface area (TPSA) is 53.3 Å². The van der Waals surface area contributed by atoms with Crippen LogP contribution in [-0.2, 0) is 9.53 Å². The van der Waals surface area contributed by atoms with E-state index in [1.165, 1.54) is 24.3 Å². The fourth-order valence-corrected chi connectivity index (χ4v) is 4.69. The molecule has 0 heterocycles. The lowest BCUT2D eigenvalue weighted by atomic mass is 10.1. The van der Waals surface area contributed by atoms with Gasteiger partial charge in [-0.1, -0.05) is 73.4 Å². The summed E-state index contributed by atoms with van der Waals surface area (Å²) in [6, 6.07) is 23.7. The molecule has 0 aromatic heterocycles. The number of esters is 1. The Morgan fingerprint density at radius 2 is 1.75 bits per heavy atom. The van der Waals surface area contributed by atoms with Gasteiger partial charge in [-0.2, -0.15) is 5.26 Å². The fourth-order valence-electron chi connectivity index (χ4n) is 4.39. The Morgan fingerprint density at radius 1 is 1.06 bits per heavy atom. The number of para-hydroxylation sites is 1. The number of nitriles is 1. The van der Waals surface area contributed by atoms with Crippen LogP contribution >= 0.6 is 23.2 Å². The molecule has 3 atom stereocenters. The van der Waals surface area contributed by atoms with Crippen LogP contribution < -0.4 is 4.90 Å². The standard InChI is InChI=1S/C29H25Cl2FN2O2/c1-29(2)22(16-25(32)18-12-13-23(30)24(31)15-18)27(29)28(35)36-26(17-33)19-8-7-11-21(14-19)34(3)20-9-5-4-6-10-20/h4-16,22,26-27H,1-3H3. The van der Waals surface area contributed by atoms with Crippen LogP contribution in [0.2, 0.25) is 10.0 Å². The highest BCUT2D eigenvalue weighted by Crippen LogP contribution is 2.60. The summed E-state index contributed by atoms with van der Waals surface area (Å²) in [5, 5.41) is 10.4. The summed E-state index contributed by atoms with van der Waals surface area (Å²) in [6.07, 6.45) is 0.338. The minimum absolute atomic E-state index is 0.251. The number of nitrogens with zero attached hydrogens (tertiary/aromatic N) is 2. The van der Waals surface area contributed by atoms with E-state index in [1.54, 1.807) is 6.07 Å². The number of hydrogen-bond acceptors (Lipinski definition) is 4. The predicted octanol–water partition coefficient (Wildman–Crippen LogP) is 8.15. The second-order valence-corrected chi connectivity index (χ2v) is 10.2. The normalized spacial score (nSPS) is 19.2. The zero-order valence-corrected chi connectivity index (χ0v) is 21.6. The van der Waals surface area contributed by atoms with Gasteiger partial charge in [0.15, 0.2) is 0 Å². The molecule has 1 fully saturated rings. The van der Waals surface area contributed by atoms with Gasteiger partial charge in [-0.25, -0.2) is 4.39 Å². The molecule has 1 aliphatic rings. The molecule has 0 amide bonds. The number of hydrogen-bond donors (Lipinski definition) is 0. The Labute approximate surface area is 220 Å². The van der Waals surface area contributed by atoms with E-state index >= 15 is 0 Å². The van der Waals surface area contributed by atoms with E-state index in [4.69, 9.17) is 27.9 Å². The average molecular weight is 523 g/mol. The molecule has 1 saturated carbocycles. The molecule has 4 rings (SSSR count). The Kier molecular flexibility index (Phi) is 7.40. The molecular weight excluding hydrogens is 498 g/mol. The van der Waals surface area contributed by atoms with Crippen LogP contribution in [0.1, 0.15) is 31.1 Å². The Hall–Kier alpha value is -3.33. The smallest absolute Gasteiger partial charge is 0.311 e. The molecule has 3 aromatic rings. The summed E-state index contributed by atoms with van der Waals surface area (Å²) in [7, 11) is 1.92. The molecule has 4 nitrogen and oxygen atoms in total. The first-order chi connectivity index (χ1) is 17.1. The second kappa shape index (κ2) is 10.3. The van der Waals surface area contributed by atoms with Crippen molar-refractivity contribution in [3.05, 3.63) is 100 Å². The van der Waals surface area contributed by atoms with Gasteiger partial charge in [0, 0.05) is 29.5 Å². The number of allylic oxidation sites excluding steroid dienone is 1. The van der Waals surface area contributed by atoms with Crippen molar-refractivity contribution >= 4 is 46.4 Å². The third-order valence-electron chi connectivity index (χ3n) is 6.74. The van der Waals surface area contributed by atoms with E-state index in [0.717, 1.165) is 11.4 Å². The number of ether oxygens (including phenoxy) is 1. The largest absolute Gasteiger partial charge is 0.442 e. The molecule has 0 saturated heterocycles. The van der Waals surface area contributed by atoms with E-state index in [1.807, 2.05) is 74.3 Å². The minimum Gasteiger partial charge on any atom is -0.442 e. The van der Waals surface area contributed by atoms with Crippen molar-refractivity contribution in [2.24, 2.45) is 17.3 Å². The fraction of sp³-hybridized carbons (Fsp3) is 0.241. The van der Waals surface area contributed by atoms with Crippen molar-refractivity contribution < 1.29 is 13.9 Å². The van der Waals surface area contributed by atoms with E-state index in [2.05, 4.69) is 6.07 Å². The Bertz CT molecular complexity index is 1350. The molecule has 0 bridgehead atoms. The van der Waals surface area contributed by atoms with Gasteiger partial charge < -0.3 is 9.64 Å². The first-order valence-electron chi connectivity index (χ1n) is 11.4. The molecule has 1 aliphatic carbocycles. The van der Waals surface area contributed by atoms with Gasteiger partial charge in [0.2, 0.25) is 6.10 Å². The van der Waals surface area contributed by atoms with Gasteiger partial charge in [0.25, 0.3) is 0 Å². The first-order valence-corrected chi connectivity index (χ1v) is 12.2. The van der Waals surface area contributed by atoms with E-state index in [0.29, 0.717) is 10.6 Å². The van der Waals surface area contributed by atoms with Crippen molar-refractivity contribution in [2.45, 2.75) is 20.0 Å². The zero-order chi connectivity index (χ0) is 26.0. The lowest BCUT2D eigenvalue weighted by molar-refractivity contribution is -0.149. The second-order valence-electron chi connectivity index (χ2n) is 9.40. The highest BCUT2D eigenvalue weighted by Gasteiger charge is 2.62. The quantitative estimate of drug-likeness (QED) is 0.293. The van der Waals surface area contributed by atoms with Gasteiger partial charge in [0.05, 0.1) is 16.0 Å². The number of halogens is 3. The molecular formula is C29H25Cl2FN2O2. The van der Waals surface area contributed by atoms with Crippen LogP contribution in [0.3, 0.4) is 0 Å². The lowest BCUT2D eigenvalue weighted by Gasteiger charge is -2.21. The SMILES string of the molecule is CN(c1ccccc1)c1cccc(C(C#N)OC(=O)C2C(C=C(F)c3ccc(Cl)c(Cl)c3)C2(C)C)c1. The summed E-state index contributed by atoms with van der Waals surface area (Å²) in [5.41, 5.74) is 2.18. The first kappa shape index (κ1) is 25.8. The maximum absolute atomic E-state index is 14.9. The van der Waals surface area contributed by atoms with E-state index < -0.39 is 29.2 Å². The third kappa shape index (κ3) is 5.26. The molecule has 36 heavy (non-hydrogen) atoms. The van der Waals surface area contributed by atoms with Crippen LogP contribution in [0.15, 0.2) is 78.9 Å². The van der Waals surface area contributed by atoms with Gasteiger partial charge in [-0.3, -0.25) is 4.79 Å². The third-order valence-corrected chi connectivity index (χ3v) is 7.48. The van der Waals surface area contributed by atoms with Crippen molar-refractivity contribution in [3.63, 3.8) is 0 Å². The molecule has 0 spiro atoms. The Balaban J connectivity index is 1.49. The van der Waals surface area contributed by atoms with Crippen molar-refractivity contribution in [3.8, 4) is 6.07 Å². The van der Waals surface area contributed by atoms with E-state index in [-0.39, 0.29) is 16.5 Å². The maximum atomic E-state index is 14.9. The molecule has 3 unspecified atom stereocenters. The van der Waals surface area contributed by atoms with Crippen molar-refractivity contribution in [1.29, 1.82) is 5.26 Å². The highest BCUT2D eigenvalue weighted by molar-refractivity contribution is 6.42. The van der Waals surface area contributed by atoms with Gasteiger partial charge in [-0.15, -0.1) is 0 Å². The van der Waals surface area contributed by atoms with Crippen molar-refractivity contribution in [1.82, 2.24) is 0 Å². The van der Waals surface area contributed by atoms with Crippen LogP contribution in [0.5, 0.6) is 0 Å². The van der Waals surface area contributed by atoms with E-state index in [9.17, 15) is 14.4 Å². The molecule has 7 heteroatoms. The Morgan fingerprint density at radius 3 is 2.42 bits per heavy atom. The maximum Gasteiger partial charge on any atom is 0.311 e. The van der Waals surface area contributed by atoms with Gasteiger partial charge >= 0.3 is 5.97 Å². The highest BCUT2D eigenvalue weighted by atomic mass is 35.5. The zero-order valence-electron chi connectivity index (χ0n) is 20.1. The van der Waals surface area contributed by atoms with Crippen LogP contribution in [0.4, 0.5) is 15.8 Å². The predicted molar refractivity (Wildman–Crippen MR) is 142 cm³/mol. The molecule has 0 aliphatic heterocycles. The number of benzene rings is 3. The number of carbonyl (C=O) groups excluding carboxylic acids is 1. The lowest BCUT2D eigenvalue weighted by Crippen LogP contribution is -2.15. The van der Waals surface area contributed by atoms with Crippen molar-refractivity contribution in [2.75, 3.05) is 11.9 Å². The minimum atomic E-state index is -1.08. The molecule has 0 radical (unpaired) electrons. The summed E-state index contributed by atoms with van der Waals surface area (Å²) >= 11 is 11.9. The number of anilines is 2. The van der Waals surface area contributed by atoms with Gasteiger partial charge in [-0.05, 0) is 53.8 Å². The summed E-state index contributed by atoms with van der Waals surface area (Å²) in [5.74, 6) is -1.97. The molecule has 184 valence electrons. The van der Waals surface area contributed by atoms with Crippen LogP contribution in [0, 0.1) is 28.6 Å². The van der Waals surface area contributed by atoms with Crippen LogP contribution in [-0.4, -0.2) is 13.0 Å². The molecule has 3 aromatic carbocycles. The van der Waals surface area contributed by atoms with Gasteiger partial charge in [0.1, 0.15) is 11.9 Å². The number of carbonyl (C=O) groups is 1. The summed E-state index contributed by atoms with van der Waals surface area (Å²) in [4.78, 5) is 15.0. The summed E-state index contributed by atoms with van der Waals surface area (Å²) in [6.45, 7) is 3.75. The number of rotatable bonds is 7. The molecule has 0 N–H and O–H groups in total. The van der Waals surface area contributed by atoms with Crippen LogP contribution in [0.25, 0.3) is 5.83 Å². The monoisotopic (exact) mass is 522 g/mol.